The molecule has 2 heterocycles. The van der Waals surface area contributed by atoms with Crippen LogP contribution in [0.5, 0.6) is 0 Å². The molecule has 4 unspecified atom stereocenters. The maximum atomic E-state index is 13.7. The van der Waals surface area contributed by atoms with Crippen molar-refractivity contribution in [2.45, 2.75) is 56.3 Å². The smallest absolute Gasteiger partial charge is 0.328 e. The number of carboxylic acid groups (broad SMARTS) is 1. The minimum absolute atomic E-state index is 0.00163. The number of nitrogens with one attached hydrogen (secondary N) is 3. The largest absolute Gasteiger partial charge is 0.480 e. The summed E-state index contributed by atoms with van der Waals surface area (Å²) in [5.41, 5.74) is 12.7. The molecule has 2 aromatic rings. The van der Waals surface area contributed by atoms with Crippen LogP contribution in [0.4, 0.5) is 0 Å². The van der Waals surface area contributed by atoms with Crippen molar-refractivity contribution in [3.63, 3.8) is 0 Å². The van der Waals surface area contributed by atoms with E-state index in [0.29, 0.717) is 12.8 Å². The van der Waals surface area contributed by atoms with Gasteiger partial charge in [-0.1, -0.05) is 18.2 Å². The fraction of sp³-hybridized carbons (Fsp3) is 0.458. The third-order valence-corrected chi connectivity index (χ3v) is 6.39. The minimum Gasteiger partial charge on any atom is -0.480 e. The summed E-state index contributed by atoms with van der Waals surface area (Å²) in [4.78, 5) is 66.0. The molecule has 0 aliphatic carbocycles. The molecule has 4 amide bonds. The molecule has 1 aliphatic rings. The number of benzene rings is 1. The molecule has 1 aromatic carbocycles. The number of amides is 4. The number of carboxylic acids is 1. The molecule has 0 saturated carbocycles. The van der Waals surface area contributed by atoms with Crippen LogP contribution < -0.4 is 22.1 Å². The highest BCUT2D eigenvalue weighted by atomic mass is 16.4. The lowest BCUT2D eigenvalue weighted by molar-refractivity contribution is -0.145. The van der Waals surface area contributed by atoms with Crippen LogP contribution in [-0.4, -0.2) is 87.0 Å². The zero-order valence-electron chi connectivity index (χ0n) is 20.2. The van der Waals surface area contributed by atoms with Crippen LogP contribution in [0.3, 0.4) is 0 Å². The monoisotopic (exact) mass is 516 g/mol. The maximum absolute atomic E-state index is 13.7. The van der Waals surface area contributed by atoms with Crippen LogP contribution in [0.2, 0.25) is 0 Å². The first-order valence-electron chi connectivity index (χ1n) is 12.0. The van der Waals surface area contributed by atoms with Gasteiger partial charge in [0.15, 0.2) is 0 Å². The number of nitrogens with zero attached hydrogens (tertiary/aromatic N) is 1. The number of aliphatic hydroxyl groups is 1. The fourth-order valence-corrected chi connectivity index (χ4v) is 4.38. The minimum atomic E-state index is -1.50. The summed E-state index contributed by atoms with van der Waals surface area (Å²) in [5, 5.41) is 24.2. The Bertz CT molecular complexity index is 1170. The van der Waals surface area contributed by atoms with Crippen molar-refractivity contribution in [3.05, 3.63) is 36.0 Å². The second kappa shape index (κ2) is 12.3. The van der Waals surface area contributed by atoms with Crippen molar-refractivity contribution >= 4 is 40.5 Å². The number of para-hydroxylation sites is 1. The Morgan fingerprint density at radius 1 is 1.14 bits per heavy atom. The summed E-state index contributed by atoms with van der Waals surface area (Å²) >= 11 is 0. The summed E-state index contributed by atoms with van der Waals surface area (Å²) in [5.74, 6) is -3.90. The summed E-state index contributed by atoms with van der Waals surface area (Å²) in [6.45, 7) is -0.577. The predicted molar refractivity (Wildman–Crippen MR) is 132 cm³/mol. The van der Waals surface area contributed by atoms with Gasteiger partial charge >= 0.3 is 5.97 Å². The number of fused-ring (bicyclic) bond motifs is 1. The van der Waals surface area contributed by atoms with Gasteiger partial charge in [0.2, 0.25) is 23.6 Å². The number of nitrogens with two attached hydrogens (primary N) is 2. The summed E-state index contributed by atoms with van der Waals surface area (Å²) < 4.78 is 0. The third-order valence-electron chi connectivity index (χ3n) is 6.39. The first-order chi connectivity index (χ1) is 17.6. The lowest BCUT2D eigenvalue weighted by Gasteiger charge is -2.30. The number of likely N-dealkylation sites (tertiary alicyclic amines) is 1. The Kier molecular flexibility index (Phi) is 9.20. The first kappa shape index (κ1) is 27.6. The second-order valence-corrected chi connectivity index (χ2v) is 9.01. The van der Waals surface area contributed by atoms with Crippen molar-refractivity contribution in [1.82, 2.24) is 20.5 Å². The van der Waals surface area contributed by atoms with Crippen molar-refractivity contribution in [2.75, 3.05) is 13.2 Å². The van der Waals surface area contributed by atoms with Crippen LogP contribution in [0.15, 0.2) is 30.5 Å². The highest BCUT2D eigenvalue weighted by molar-refractivity contribution is 5.95. The molecule has 1 aliphatic heterocycles. The lowest BCUT2D eigenvalue weighted by Crippen LogP contribution is -2.57. The van der Waals surface area contributed by atoms with Gasteiger partial charge < -0.3 is 42.2 Å². The van der Waals surface area contributed by atoms with Crippen molar-refractivity contribution in [1.29, 1.82) is 0 Å². The van der Waals surface area contributed by atoms with Crippen molar-refractivity contribution < 1.29 is 34.2 Å². The number of aromatic amines is 1. The van der Waals surface area contributed by atoms with Crippen LogP contribution in [0, 0.1) is 0 Å². The Hall–Kier alpha value is -3.97. The average Bonchev–Trinajstić information content (AvgIpc) is 3.52. The molecule has 13 nitrogen and oxygen atoms in total. The number of H-pyrrole nitrogens is 1. The number of carbonyl (C=O) groups is 5. The third kappa shape index (κ3) is 6.83. The van der Waals surface area contributed by atoms with E-state index in [1.165, 1.54) is 4.90 Å². The van der Waals surface area contributed by atoms with Gasteiger partial charge in [-0.2, -0.15) is 0 Å². The normalized spacial score (nSPS) is 17.7. The van der Waals surface area contributed by atoms with Gasteiger partial charge in [-0.15, -0.1) is 0 Å². The molecule has 9 N–H and O–H groups in total. The van der Waals surface area contributed by atoms with E-state index in [0.717, 1.165) is 16.5 Å². The van der Waals surface area contributed by atoms with Crippen LogP contribution in [0.25, 0.3) is 10.9 Å². The molecule has 3 rings (SSSR count). The number of aliphatic hydroxyl groups excluding tert-OH is 1. The Balaban J connectivity index is 1.83. The van der Waals surface area contributed by atoms with Crippen molar-refractivity contribution in [3.8, 4) is 0 Å². The molecule has 13 heteroatoms. The van der Waals surface area contributed by atoms with Gasteiger partial charge in [0.05, 0.1) is 12.6 Å². The number of aromatic nitrogens is 1. The SMILES string of the molecule is NC(=O)CCC(N)C(=O)NC(Cc1c[nH]c2ccccc12)C(=O)N1CCCC1C(=O)NC(CO)C(=O)O. The zero-order valence-corrected chi connectivity index (χ0v) is 20.2. The molecule has 1 aromatic heterocycles. The van der Waals surface area contributed by atoms with Gasteiger partial charge in [-0.3, -0.25) is 19.2 Å². The summed E-state index contributed by atoms with van der Waals surface area (Å²) in [6.07, 6.45) is 2.52. The molecule has 37 heavy (non-hydrogen) atoms. The molecular formula is C24H32N6O7. The average molecular weight is 517 g/mol. The van der Waals surface area contributed by atoms with Crippen LogP contribution >= 0.6 is 0 Å². The van der Waals surface area contributed by atoms with E-state index < -0.39 is 60.4 Å². The van der Waals surface area contributed by atoms with Crippen LogP contribution in [-0.2, 0) is 30.4 Å². The lowest BCUT2D eigenvalue weighted by atomic mass is 10.0. The number of hydrogen-bond donors (Lipinski definition) is 7. The van der Waals surface area contributed by atoms with Gasteiger partial charge in [0.1, 0.15) is 18.1 Å². The molecule has 0 spiro atoms. The van der Waals surface area contributed by atoms with E-state index >= 15 is 0 Å². The van der Waals surface area contributed by atoms with E-state index in [1.807, 2.05) is 24.3 Å². The Morgan fingerprint density at radius 2 is 1.86 bits per heavy atom. The molecule has 0 bridgehead atoms. The van der Waals surface area contributed by atoms with E-state index in [1.54, 1.807) is 6.20 Å². The predicted octanol–water partition coefficient (Wildman–Crippen LogP) is -1.66. The molecule has 1 fully saturated rings. The summed E-state index contributed by atoms with van der Waals surface area (Å²) in [6, 6.07) is 2.80. The van der Waals surface area contributed by atoms with E-state index in [2.05, 4.69) is 15.6 Å². The molecule has 1 saturated heterocycles. The number of rotatable bonds is 12. The number of hydrogen-bond acceptors (Lipinski definition) is 7. The molecule has 200 valence electrons. The Morgan fingerprint density at radius 3 is 2.54 bits per heavy atom. The number of primary amides is 1. The first-order valence-corrected chi connectivity index (χ1v) is 12.0. The van der Waals surface area contributed by atoms with Crippen LogP contribution in [0.1, 0.15) is 31.2 Å². The van der Waals surface area contributed by atoms with E-state index in [4.69, 9.17) is 16.6 Å². The molecular weight excluding hydrogens is 484 g/mol. The molecule has 4 atom stereocenters. The highest BCUT2D eigenvalue weighted by Gasteiger charge is 2.39. The Labute approximate surface area is 212 Å². The van der Waals surface area contributed by atoms with Gasteiger partial charge in [0.25, 0.3) is 0 Å². The topological polar surface area (TPSA) is 221 Å². The van der Waals surface area contributed by atoms with Crippen molar-refractivity contribution in [2.24, 2.45) is 11.5 Å². The zero-order chi connectivity index (χ0) is 27.1. The quantitative estimate of drug-likeness (QED) is 0.173. The maximum Gasteiger partial charge on any atom is 0.328 e. The van der Waals surface area contributed by atoms with E-state index in [9.17, 15) is 29.1 Å². The van der Waals surface area contributed by atoms with Gasteiger partial charge in [-0.25, -0.2) is 4.79 Å². The molecule has 0 radical (unpaired) electrons. The highest BCUT2D eigenvalue weighted by Crippen LogP contribution is 2.23. The fourth-order valence-electron chi connectivity index (χ4n) is 4.38. The number of aliphatic carboxylic acids is 1. The van der Waals surface area contributed by atoms with Gasteiger partial charge in [0, 0.05) is 36.5 Å². The summed E-state index contributed by atoms with van der Waals surface area (Å²) in [7, 11) is 0. The standard InChI is InChI=1S/C24H32N6O7/c25-15(7-8-20(26)32)21(33)28-17(10-13-11-27-16-5-2-1-4-14(13)16)23(35)30-9-3-6-19(30)22(34)29-18(12-31)24(36)37/h1-2,4-5,11,15,17-19,27,31H,3,6-10,12,25H2,(H2,26,32)(H,28,33)(H,29,34)(H,36,37). The second-order valence-electron chi connectivity index (χ2n) is 9.01. The van der Waals surface area contributed by atoms with E-state index in [-0.39, 0.29) is 25.8 Å². The number of carbonyl (C=O) groups excluding carboxylic acids is 4. The van der Waals surface area contributed by atoms with Gasteiger partial charge in [-0.05, 0) is 30.9 Å².